The predicted molar refractivity (Wildman–Crippen MR) is 95.7 cm³/mol. The van der Waals surface area contributed by atoms with Crippen molar-refractivity contribution in [3.05, 3.63) is 0 Å². The minimum Gasteiger partial charge on any atom is -0.356 e. The lowest BCUT2D eigenvalue weighted by Gasteiger charge is -2.32. The Kier molecular flexibility index (Phi) is 10.6. The molecule has 1 saturated heterocycles. The number of carbonyl (C=O) groups excluding carboxylic acids is 3. The zero-order valence-corrected chi connectivity index (χ0v) is 15.7. The molecule has 0 aromatic rings. The normalized spacial score (nSPS) is 18.5. The molecule has 1 heterocycles. The summed E-state index contributed by atoms with van der Waals surface area (Å²) in [5.41, 5.74) is 5.74. The average Bonchev–Trinajstić information content (AvgIpc) is 2.56. The van der Waals surface area contributed by atoms with Crippen LogP contribution < -0.4 is 16.4 Å². The van der Waals surface area contributed by atoms with Crippen LogP contribution in [0.4, 0.5) is 0 Å². The number of nitrogens with two attached hydrogens (primary N) is 1. The Morgan fingerprint density at radius 2 is 1.92 bits per heavy atom. The molecule has 8 heteroatoms. The number of rotatable bonds is 7. The fraction of sp³-hybridized carbons (Fsp3) is 0.812. The van der Waals surface area contributed by atoms with Gasteiger partial charge in [-0.15, -0.1) is 12.4 Å². The molecule has 1 unspecified atom stereocenters. The van der Waals surface area contributed by atoms with Crippen molar-refractivity contribution in [2.24, 2.45) is 17.6 Å². The van der Waals surface area contributed by atoms with Crippen LogP contribution in [0.5, 0.6) is 0 Å². The van der Waals surface area contributed by atoms with Gasteiger partial charge in [-0.1, -0.05) is 20.8 Å². The molecule has 1 aliphatic heterocycles. The molecule has 4 N–H and O–H groups in total. The molecule has 3 amide bonds. The van der Waals surface area contributed by atoms with Gasteiger partial charge in [-0.3, -0.25) is 14.4 Å². The highest BCUT2D eigenvalue weighted by Gasteiger charge is 2.28. The van der Waals surface area contributed by atoms with E-state index in [2.05, 4.69) is 10.6 Å². The van der Waals surface area contributed by atoms with Gasteiger partial charge in [0.05, 0.1) is 18.5 Å². The van der Waals surface area contributed by atoms with Crippen molar-refractivity contribution >= 4 is 30.1 Å². The molecule has 0 aromatic heterocycles. The first-order valence-electron chi connectivity index (χ1n) is 8.45. The van der Waals surface area contributed by atoms with Crippen molar-refractivity contribution in [2.75, 3.05) is 26.2 Å². The van der Waals surface area contributed by atoms with Gasteiger partial charge in [-0.05, 0) is 25.2 Å². The molecule has 0 spiro atoms. The van der Waals surface area contributed by atoms with E-state index in [9.17, 15) is 14.4 Å². The lowest BCUT2D eigenvalue weighted by atomic mass is 9.97. The summed E-state index contributed by atoms with van der Waals surface area (Å²) in [4.78, 5) is 37.7. The summed E-state index contributed by atoms with van der Waals surface area (Å²) in [6.45, 7) is 7.35. The smallest absolute Gasteiger partial charge is 0.241 e. The van der Waals surface area contributed by atoms with Crippen LogP contribution in [0, 0.1) is 11.8 Å². The van der Waals surface area contributed by atoms with E-state index in [1.54, 1.807) is 4.90 Å². The predicted octanol–water partition coefficient (Wildman–Crippen LogP) is 0.273. The van der Waals surface area contributed by atoms with Crippen LogP contribution in [0.2, 0.25) is 0 Å². The van der Waals surface area contributed by atoms with E-state index in [1.165, 1.54) is 0 Å². The summed E-state index contributed by atoms with van der Waals surface area (Å²) in [6, 6.07) is -0.614. The summed E-state index contributed by atoms with van der Waals surface area (Å²) in [7, 11) is 0. The maximum atomic E-state index is 12.2. The van der Waals surface area contributed by atoms with Gasteiger partial charge >= 0.3 is 0 Å². The van der Waals surface area contributed by atoms with Crippen LogP contribution in [0.15, 0.2) is 0 Å². The molecule has 140 valence electrons. The lowest BCUT2D eigenvalue weighted by Crippen LogP contribution is -2.51. The first-order chi connectivity index (χ1) is 10.9. The number of nitrogens with one attached hydrogen (secondary N) is 2. The second kappa shape index (κ2) is 11.3. The summed E-state index contributed by atoms with van der Waals surface area (Å²) in [5.74, 6) is -0.611. The molecule has 1 rings (SSSR count). The molecule has 0 saturated carbocycles. The molecule has 7 nitrogen and oxygen atoms in total. The zero-order valence-electron chi connectivity index (χ0n) is 14.8. The Bertz CT molecular complexity index is 432. The summed E-state index contributed by atoms with van der Waals surface area (Å²) in [6.07, 6.45) is 2.49. The number of likely N-dealkylation sites (tertiary alicyclic amines) is 1. The van der Waals surface area contributed by atoms with E-state index in [0.717, 1.165) is 19.3 Å². The molecular formula is C16H31ClN4O3. The highest BCUT2D eigenvalue weighted by Crippen LogP contribution is 2.16. The van der Waals surface area contributed by atoms with Crippen molar-refractivity contribution in [2.45, 2.75) is 46.1 Å². The van der Waals surface area contributed by atoms with Crippen molar-refractivity contribution in [3.8, 4) is 0 Å². The van der Waals surface area contributed by atoms with Gasteiger partial charge in [0.2, 0.25) is 17.7 Å². The van der Waals surface area contributed by atoms with Gasteiger partial charge in [-0.25, -0.2) is 0 Å². The van der Waals surface area contributed by atoms with Gasteiger partial charge < -0.3 is 21.3 Å². The molecule has 2 atom stereocenters. The third-order valence-corrected chi connectivity index (χ3v) is 4.13. The topological polar surface area (TPSA) is 105 Å². The molecule has 1 fully saturated rings. The summed E-state index contributed by atoms with van der Waals surface area (Å²) in [5, 5.41) is 5.46. The number of halogens is 1. The first-order valence-corrected chi connectivity index (χ1v) is 8.45. The molecular weight excluding hydrogens is 332 g/mol. The van der Waals surface area contributed by atoms with Crippen molar-refractivity contribution in [1.82, 2.24) is 15.5 Å². The van der Waals surface area contributed by atoms with Crippen molar-refractivity contribution in [3.63, 3.8) is 0 Å². The molecule has 0 aliphatic carbocycles. The van der Waals surface area contributed by atoms with Gasteiger partial charge in [0.15, 0.2) is 0 Å². The maximum absolute atomic E-state index is 12.2. The zero-order chi connectivity index (χ0) is 17.4. The quantitative estimate of drug-likeness (QED) is 0.604. The van der Waals surface area contributed by atoms with E-state index in [-0.39, 0.29) is 48.5 Å². The Hall–Kier alpha value is -1.34. The number of piperidine rings is 1. The Morgan fingerprint density at radius 1 is 1.25 bits per heavy atom. The standard InChI is InChI=1S/C16H30N4O3.ClH/c1-4-7-18-15(22)12-6-5-8-20(10-12)13(21)9-19-16(23)14(17)11(2)3;/h11-12,14H,4-10,17H2,1-3H3,(H,18,22)(H,19,23);1H/t12?,14-;/m0./s1. The van der Waals surface area contributed by atoms with Crippen LogP contribution in [0.25, 0.3) is 0 Å². The minimum atomic E-state index is -0.614. The van der Waals surface area contributed by atoms with Gasteiger partial charge in [0.1, 0.15) is 0 Å². The van der Waals surface area contributed by atoms with E-state index < -0.39 is 6.04 Å². The van der Waals surface area contributed by atoms with E-state index >= 15 is 0 Å². The third kappa shape index (κ3) is 7.05. The first kappa shape index (κ1) is 22.7. The second-order valence-corrected chi connectivity index (χ2v) is 6.46. The fourth-order valence-corrected chi connectivity index (χ4v) is 2.51. The van der Waals surface area contributed by atoms with Gasteiger partial charge in [0, 0.05) is 19.6 Å². The highest BCUT2D eigenvalue weighted by atomic mass is 35.5. The molecule has 0 bridgehead atoms. The maximum Gasteiger partial charge on any atom is 0.241 e. The van der Waals surface area contributed by atoms with Crippen LogP contribution >= 0.6 is 12.4 Å². The number of amides is 3. The molecule has 0 radical (unpaired) electrons. The van der Waals surface area contributed by atoms with Gasteiger partial charge in [0.25, 0.3) is 0 Å². The Balaban J connectivity index is 0.00000529. The van der Waals surface area contributed by atoms with Crippen LogP contribution in [-0.4, -0.2) is 54.8 Å². The van der Waals surface area contributed by atoms with E-state index in [1.807, 2.05) is 20.8 Å². The van der Waals surface area contributed by atoms with Crippen molar-refractivity contribution < 1.29 is 14.4 Å². The molecule has 1 aliphatic rings. The third-order valence-electron chi connectivity index (χ3n) is 4.13. The number of hydrogen-bond acceptors (Lipinski definition) is 4. The SMILES string of the molecule is CCCNC(=O)C1CCCN(C(=O)CNC(=O)[C@@H](N)C(C)C)C1.Cl. The Morgan fingerprint density at radius 3 is 2.50 bits per heavy atom. The highest BCUT2D eigenvalue weighted by molar-refractivity contribution is 5.88. The average molecular weight is 363 g/mol. The van der Waals surface area contributed by atoms with E-state index in [4.69, 9.17) is 5.73 Å². The van der Waals surface area contributed by atoms with Crippen LogP contribution in [0.3, 0.4) is 0 Å². The number of hydrogen-bond donors (Lipinski definition) is 3. The molecule has 24 heavy (non-hydrogen) atoms. The van der Waals surface area contributed by atoms with Crippen molar-refractivity contribution in [1.29, 1.82) is 0 Å². The summed E-state index contributed by atoms with van der Waals surface area (Å²) < 4.78 is 0. The van der Waals surface area contributed by atoms with Crippen LogP contribution in [-0.2, 0) is 14.4 Å². The number of carbonyl (C=O) groups is 3. The largest absolute Gasteiger partial charge is 0.356 e. The monoisotopic (exact) mass is 362 g/mol. The fourth-order valence-electron chi connectivity index (χ4n) is 2.51. The minimum absolute atomic E-state index is 0. The lowest BCUT2D eigenvalue weighted by molar-refractivity contribution is -0.137. The molecule has 0 aromatic carbocycles. The second-order valence-electron chi connectivity index (χ2n) is 6.46. The van der Waals surface area contributed by atoms with Crippen LogP contribution in [0.1, 0.15) is 40.0 Å². The number of nitrogens with zero attached hydrogens (tertiary/aromatic N) is 1. The Labute approximate surface area is 150 Å². The van der Waals surface area contributed by atoms with E-state index in [0.29, 0.717) is 19.6 Å². The van der Waals surface area contributed by atoms with Gasteiger partial charge in [-0.2, -0.15) is 0 Å². The summed E-state index contributed by atoms with van der Waals surface area (Å²) >= 11 is 0.